The van der Waals surface area contributed by atoms with Crippen molar-refractivity contribution in [3.63, 3.8) is 0 Å². The molecule has 2 saturated heterocycles. The fourth-order valence-electron chi connectivity index (χ4n) is 3.91. The number of amides is 1. The van der Waals surface area contributed by atoms with E-state index in [0.717, 1.165) is 41.7 Å². The number of hydrogen-bond donors (Lipinski definition) is 1. The molecule has 2 aliphatic rings. The lowest BCUT2D eigenvalue weighted by Gasteiger charge is -2.36. The minimum absolute atomic E-state index is 0.0655. The number of H-pyrrole nitrogens is 1. The van der Waals surface area contributed by atoms with Crippen molar-refractivity contribution in [3.05, 3.63) is 40.5 Å². The summed E-state index contributed by atoms with van der Waals surface area (Å²) in [4.78, 5) is 17.3. The molecule has 6 heteroatoms. The number of carbonyl (C=O) groups is 1. The molecule has 1 N–H and O–H groups in total. The molecule has 0 saturated carbocycles. The molecular weight excluding hydrogens is 380 g/mol. The molecule has 2 fully saturated rings. The lowest BCUT2D eigenvalue weighted by atomic mass is 10.0. The van der Waals surface area contributed by atoms with Crippen molar-refractivity contribution in [3.8, 4) is 11.3 Å². The van der Waals surface area contributed by atoms with Gasteiger partial charge in [0.25, 0.3) is 5.91 Å². The van der Waals surface area contributed by atoms with Gasteiger partial charge < -0.3 is 9.80 Å². The Morgan fingerprint density at radius 3 is 2.44 bits per heavy atom. The molecule has 3 heterocycles. The van der Waals surface area contributed by atoms with E-state index in [2.05, 4.69) is 31.0 Å². The Morgan fingerprint density at radius 2 is 1.76 bits per heavy atom. The van der Waals surface area contributed by atoms with Crippen LogP contribution < -0.4 is 0 Å². The molecule has 0 atom stereocenters. The minimum Gasteiger partial charge on any atom is -0.337 e. The Morgan fingerprint density at radius 1 is 1.08 bits per heavy atom. The van der Waals surface area contributed by atoms with E-state index in [9.17, 15) is 4.79 Å². The zero-order valence-corrected chi connectivity index (χ0v) is 15.8. The van der Waals surface area contributed by atoms with Crippen LogP contribution in [0, 0.1) is 0 Å². The summed E-state index contributed by atoms with van der Waals surface area (Å²) >= 11 is 3.44. The van der Waals surface area contributed by atoms with Crippen molar-refractivity contribution < 1.29 is 4.79 Å². The molecule has 25 heavy (non-hydrogen) atoms. The van der Waals surface area contributed by atoms with Gasteiger partial charge in [0.05, 0.1) is 5.69 Å². The van der Waals surface area contributed by atoms with Gasteiger partial charge >= 0.3 is 0 Å². The van der Waals surface area contributed by atoms with Gasteiger partial charge in [-0.1, -0.05) is 28.1 Å². The second kappa shape index (κ2) is 7.30. The number of aromatic amines is 1. The summed E-state index contributed by atoms with van der Waals surface area (Å²) < 4.78 is 1.03. The Labute approximate surface area is 156 Å². The van der Waals surface area contributed by atoms with Gasteiger partial charge in [0.1, 0.15) is 5.69 Å². The summed E-state index contributed by atoms with van der Waals surface area (Å²) in [5.41, 5.74) is 2.39. The number of carbonyl (C=O) groups excluding carboxylic acids is 1. The molecule has 0 bridgehead atoms. The lowest BCUT2D eigenvalue weighted by Crippen LogP contribution is -2.46. The van der Waals surface area contributed by atoms with Gasteiger partial charge in [-0.05, 0) is 57.0 Å². The Kier molecular flexibility index (Phi) is 4.90. The first kappa shape index (κ1) is 16.8. The molecular formula is C19H23BrN4O. The molecule has 1 aromatic carbocycles. The Hall–Kier alpha value is -1.66. The van der Waals surface area contributed by atoms with Gasteiger partial charge in [-0.25, -0.2) is 0 Å². The van der Waals surface area contributed by atoms with E-state index in [-0.39, 0.29) is 5.91 Å². The van der Waals surface area contributed by atoms with Gasteiger partial charge in [-0.3, -0.25) is 9.89 Å². The number of benzene rings is 1. The van der Waals surface area contributed by atoms with Crippen LogP contribution in [0.2, 0.25) is 0 Å². The molecule has 0 spiro atoms. The van der Waals surface area contributed by atoms with E-state index < -0.39 is 0 Å². The van der Waals surface area contributed by atoms with Crippen molar-refractivity contribution in [2.45, 2.75) is 31.7 Å². The Balaban J connectivity index is 1.39. The highest BCUT2D eigenvalue weighted by Crippen LogP contribution is 2.24. The van der Waals surface area contributed by atoms with E-state index >= 15 is 0 Å². The fraction of sp³-hybridized carbons (Fsp3) is 0.474. The van der Waals surface area contributed by atoms with Crippen LogP contribution in [-0.4, -0.2) is 58.1 Å². The number of hydrogen-bond acceptors (Lipinski definition) is 3. The zero-order valence-electron chi connectivity index (χ0n) is 14.2. The van der Waals surface area contributed by atoms with Crippen LogP contribution in [0.25, 0.3) is 11.3 Å². The number of halogens is 1. The fourth-order valence-corrected chi connectivity index (χ4v) is 4.18. The summed E-state index contributed by atoms with van der Waals surface area (Å²) in [6.45, 7) is 4.14. The normalized spacial score (nSPS) is 19.5. The smallest absolute Gasteiger partial charge is 0.271 e. The summed E-state index contributed by atoms with van der Waals surface area (Å²) in [6, 6.07) is 10.5. The maximum Gasteiger partial charge on any atom is 0.271 e. The van der Waals surface area contributed by atoms with Crippen LogP contribution in [-0.2, 0) is 0 Å². The number of rotatable bonds is 3. The summed E-state index contributed by atoms with van der Waals surface area (Å²) in [5, 5.41) is 7.23. The van der Waals surface area contributed by atoms with Crippen molar-refractivity contribution in [1.29, 1.82) is 0 Å². The number of likely N-dealkylation sites (tertiary alicyclic amines) is 2. The number of piperidine rings is 1. The summed E-state index contributed by atoms with van der Waals surface area (Å²) in [7, 11) is 0. The first-order chi connectivity index (χ1) is 12.2. The van der Waals surface area contributed by atoms with Gasteiger partial charge in [0.15, 0.2) is 0 Å². The third kappa shape index (κ3) is 3.65. The van der Waals surface area contributed by atoms with Crippen LogP contribution in [0.1, 0.15) is 36.2 Å². The summed E-state index contributed by atoms with van der Waals surface area (Å²) in [5.74, 6) is 0.0655. The maximum atomic E-state index is 12.8. The Bertz CT molecular complexity index is 728. The monoisotopic (exact) mass is 402 g/mol. The van der Waals surface area contributed by atoms with Gasteiger partial charge in [0, 0.05) is 29.2 Å². The van der Waals surface area contributed by atoms with Crippen molar-refractivity contribution in [2.75, 3.05) is 26.2 Å². The van der Waals surface area contributed by atoms with Crippen LogP contribution in [0.15, 0.2) is 34.8 Å². The first-order valence-electron chi connectivity index (χ1n) is 9.05. The molecule has 2 aliphatic heterocycles. The van der Waals surface area contributed by atoms with Crippen LogP contribution in [0.4, 0.5) is 0 Å². The van der Waals surface area contributed by atoms with E-state index in [4.69, 9.17) is 0 Å². The van der Waals surface area contributed by atoms with Crippen molar-refractivity contribution in [2.24, 2.45) is 0 Å². The maximum absolute atomic E-state index is 12.8. The van der Waals surface area contributed by atoms with Gasteiger partial charge in [0.2, 0.25) is 0 Å². The highest BCUT2D eigenvalue weighted by molar-refractivity contribution is 9.10. The second-order valence-corrected chi connectivity index (χ2v) is 7.86. The van der Waals surface area contributed by atoms with Gasteiger partial charge in [-0.2, -0.15) is 5.10 Å². The van der Waals surface area contributed by atoms with Crippen LogP contribution >= 0.6 is 15.9 Å². The molecule has 0 unspecified atom stereocenters. The standard InChI is InChI=1S/C19H23BrN4O/c20-15-5-3-14(4-6-15)17-13-18(22-21-17)19(25)24-11-7-16(8-12-24)23-9-1-2-10-23/h3-6,13,16H,1-2,7-12H2,(H,21,22). The molecule has 5 nitrogen and oxygen atoms in total. The molecule has 0 radical (unpaired) electrons. The number of aromatic nitrogens is 2. The molecule has 1 amide bonds. The molecule has 1 aromatic heterocycles. The van der Waals surface area contributed by atoms with Crippen LogP contribution in [0.5, 0.6) is 0 Å². The highest BCUT2D eigenvalue weighted by Gasteiger charge is 2.29. The average Bonchev–Trinajstić information content (AvgIpc) is 3.34. The molecule has 4 rings (SSSR count). The third-order valence-electron chi connectivity index (χ3n) is 5.36. The quantitative estimate of drug-likeness (QED) is 0.853. The van der Waals surface area contributed by atoms with E-state index in [1.54, 1.807) is 0 Å². The van der Waals surface area contributed by atoms with Crippen molar-refractivity contribution >= 4 is 21.8 Å². The minimum atomic E-state index is 0.0655. The second-order valence-electron chi connectivity index (χ2n) is 6.94. The highest BCUT2D eigenvalue weighted by atomic mass is 79.9. The van der Waals surface area contributed by atoms with E-state index in [1.165, 1.54) is 25.9 Å². The van der Waals surface area contributed by atoms with Crippen LogP contribution in [0.3, 0.4) is 0 Å². The van der Waals surface area contributed by atoms with Gasteiger partial charge in [-0.15, -0.1) is 0 Å². The third-order valence-corrected chi connectivity index (χ3v) is 5.89. The van der Waals surface area contributed by atoms with E-state index in [0.29, 0.717) is 11.7 Å². The molecule has 2 aromatic rings. The zero-order chi connectivity index (χ0) is 17.2. The molecule has 132 valence electrons. The lowest BCUT2D eigenvalue weighted by molar-refractivity contribution is 0.0639. The predicted molar refractivity (Wildman–Crippen MR) is 101 cm³/mol. The summed E-state index contributed by atoms with van der Waals surface area (Å²) in [6.07, 6.45) is 4.82. The average molecular weight is 403 g/mol. The largest absolute Gasteiger partial charge is 0.337 e. The van der Waals surface area contributed by atoms with E-state index in [1.807, 2.05) is 35.2 Å². The van der Waals surface area contributed by atoms with Crippen molar-refractivity contribution in [1.82, 2.24) is 20.0 Å². The number of nitrogens with one attached hydrogen (secondary N) is 1. The molecule has 0 aliphatic carbocycles. The topological polar surface area (TPSA) is 52.2 Å². The number of nitrogens with zero attached hydrogens (tertiary/aromatic N) is 3. The predicted octanol–water partition coefficient (Wildman–Crippen LogP) is 3.54. The first-order valence-corrected chi connectivity index (χ1v) is 9.85. The SMILES string of the molecule is O=C(c1cc(-c2ccc(Br)cc2)n[nH]1)N1CCC(N2CCCC2)CC1.